The molecule has 0 saturated heterocycles. The predicted octanol–water partition coefficient (Wildman–Crippen LogP) is 13.3. The number of thiazole rings is 1. The number of aromatic nitrogens is 2. The van der Waals surface area contributed by atoms with E-state index in [0.717, 1.165) is 48.3 Å². The van der Waals surface area contributed by atoms with E-state index >= 15 is 0 Å². The average Bonchev–Trinajstić information content (AvgIpc) is 3.77. The van der Waals surface area contributed by atoms with Crippen molar-refractivity contribution in [1.29, 1.82) is 0 Å². The summed E-state index contributed by atoms with van der Waals surface area (Å²) >= 11 is 1.74. The Bertz CT molecular complexity index is 3010. The van der Waals surface area contributed by atoms with Crippen molar-refractivity contribution in [2.45, 2.75) is 41.5 Å². The van der Waals surface area contributed by atoms with Gasteiger partial charge in [0.25, 0.3) is 0 Å². The molecule has 0 aliphatic heterocycles. The Hall–Kier alpha value is -6.59. The van der Waals surface area contributed by atoms with Crippen LogP contribution in [-0.4, -0.2) is 16.3 Å². The molecular formula is C53H41BN2S. The smallest absolute Gasteiger partial charge is 0.361 e. The van der Waals surface area contributed by atoms with E-state index in [-0.39, 0.29) is 0 Å². The summed E-state index contributed by atoms with van der Waals surface area (Å²) in [5.74, 6) is 14.3. The molecule has 0 fully saturated rings. The molecule has 0 saturated carbocycles. The van der Waals surface area contributed by atoms with E-state index in [9.17, 15) is 0 Å². The zero-order chi connectivity index (χ0) is 39.2. The molecule has 2 heterocycles. The lowest BCUT2D eigenvalue weighted by atomic mass is 9.63. The van der Waals surface area contributed by atoms with Gasteiger partial charge in [-0.05, 0) is 147 Å². The second-order valence-electron chi connectivity index (χ2n) is 15.2. The molecule has 0 unspecified atom stereocenters. The van der Waals surface area contributed by atoms with Crippen molar-refractivity contribution in [2.24, 2.45) is 0 Å². The minimum Gasteiger partial charge on any atom is -0.361 e. The third-order valence-electron chi connectivity index (χ3n) is 10.9. The second-order valence-corrected chi connectivity index (χ2v) is 16.3. The number of hydrogen-bond donors (Lipinski definition) is 0. The van der Waals surface area contributed by atoms with Gasteiger partial charge in [-0.1, -0.05) is 102 Å². The van der Waals surface area contributed by atoms with Crippen molar-refractivity contribution >= 4 is 50.2 Å². The number of rotatable bonds is 4. The zero-order valence-electron chi connectivity index (χ0n) is 33.2. The first kappa shape index (κ1) is 36.1. The van der Waals surface area contributed by atoms with E-state index in [1.54, 1.807) is 11.3 Å². The Morgan fingerprint density at radius 1 is 0.526 bits per heavy atom. The summed E-state index contributed by atoms with van der Waals surface area (Å²) in [6, 6.07) is 49.8. The van der Waals surface area contributed by atoms with Crippen LogP contribution in [0.15, 0.2) is 140 Å². The summed E-state index contributed by atoms with van der Waals surface area (Å²) in [5.41, 5.74) is 18.7. The predicted molar refractivity (Wildman–Crippen MR) is 245 cm³/mol. The zero-order valence-corrected chi connectivity index (χ0v) is 34.0. The van der Waals surface area contributed by atoms with Gasteiger partial charge in [0.2, 0.25) is 0 Å². The first-order chi connectivity index (χ1) is 27.7. The molecule has 0 aliphatic carbocycles. The average molecular weight is 749 g/mol. The Kier molecular flexibility index (Phi) is 9.38. The van der Waals surface area contributed by atoms with Crippen molar-refractivity contribution in [2.75, 3.05) is 0 Å². The molecule has 0 aliphatic rings. The van der Waals surface area contributed by atoms with E-state index in [0.29, 0.717) is 0 Å². The molecule has 0 spiro atoms. The molecule has 0 atom stereocenters. The Labute approximate surface area is 340 Å². The van der Waals surface area contributed by atoms with Crippen LogP contribution in [0.3, 0.4) is 0 Å². The van der Waals surface area contributed by atoms with Crippen LogP contribution < -0.4 is 0 Å². The minimum atomic E-state index is -0.471. The molecule has 2 nitrogen and oxygen atoms in total. The van der Waals surface area contributed by atoms with Gasteiger partial charge in [-0.25, -0.2) is 4.98 Å². The largest absolute Gasteiger partial charge is 0.434 e. The summed E-state index contributed by atoms with van der Waals surface area (Å²) < 4.78 is 3.54. The van der Waals surface area contributed by atoms with E-state index in [1.165, 1.54) is 61.0 Å². The maximum absolute atomic E-state index is 5.31. The maximum Gasteiger partial charge on any atom is 0.434 e. The van der Waals surface area contributed by atoms with Crippen molar-refractivity contribution in [3.05, 3.63) is 184 Å². The molecule has 272 valence electrons. The summed E-state index contributed by atoms with van der Waals surface area (Å²) in [4.78, 5) is 5.31. The Morgan fingerprint density at radius 3 is 1.63 bits per heavy atom. The van der Waals surface area contributed by atoms with Crippen LogP contribution in [0.2, 0.25) is 0 Å². The fourth-order valence-electron chi connectivity index (χ4n) is 8.68. The monoisotopic (exact) mass is 748 g/mol. The van der Waals surface area contributed by atoms with Crippen molar-refractivity contribution in [1.82, 2.24) is 9.46 Å². The number of fused-ring (bicyclic) bond motifs is 4. The highest BCUT2D eigenvalue weighted by molar-refractivity contribution is 7.21. The quantitative estimate of drug-likeness (QED) is 0.129. The second kappa shape index (κ2) is 14.8. The van der Waals surface area contributed by atoms with Gasteiger partial charge in [-0.2, -0.15) is 0 Å². The fraction of sp³-hybridized carbons (Fsp3) is 0.113. The first-order valence-corrected chi connectivity index (χ1v) is 20.3. The highest BCUT2D eigenvalue weighted by atomic mass is 32.1. The number of benzene rings is 7. The van der Waals surface area contributed by atoms with Crippen LogP contribution in [0, 0.1) is 65.0 Å². The van der Waals surface area contributed by atoms with Gasteiger partial charge in [-0.15, -0.1) is 23.0 Å². The molecule has 0 amide bonds. The van der Waals surface area contributed by atoms with E-state index in [2.05, 4.69) is 173 Å². The van der Waals surface area contributed by atoms with Crippen LogP contribution in [-0.2, 0) is 0 Å². The van der Waals surface area contributed by atoms with Crippen molar-refractivity contribution < 1.29 is 0 Å². The first-order valence-electron chi connectivity index (χ1n) is 19.5. The lowest BCUT2D eigenvalue weighted by molar-refractivity contribution is 1.32. The van der Waals surface area contributed by atoms with Gasteiger partial charge < -0.3 is 4.48 Å². The molecular weight excluding hydrogens is 707 g/mol. The summed E-state index contributed by atoms with van der Waals surface area (Å²) in [6.07, 6.45) is 0. The van der Waals surface area contributed by atoms with E-state index in [1.807, 2.05) is 36.4 Å². The Morgan fingerprint density at radius 2 is 1.05 bits per heavy atom. The molecule has 7 aromatic carbocycles. The minimum absolute atomic E-state index is 0.471. The SMILES string of the molecule is Cc1cc(C)c(-c2ccc3c(c2)c2cc(-c4c(C)cc(C)cc4C)cc(-c4nc5ccccc5s4)c2n3B(C#Cc2ccccc2)C#Cc2ccccc2)c(C)c1. The van der Waals surface area contributed by atoms with Crippen LogP contribution in [0.1, 0.15) is 44.5 Å². The fourth-order valence-corrected chi connectivity index (χ4v) is 9.67. The number of aryl methyl sites for hydroxylation is 6. The summed E-state index contributed by atoms with van der Waals surface area (Å²) in [7, 11) is 0. The van der Waals surface area contributed by atoms with E-state index in [4.69, 9.17) is 4.98 Å². The highest BCUT2D eigenvalue weighted by Crippen LogP contribution is 2.44. The number of hydrogen-bond acceptors (Lipinski definition) is 2. The topological polar surface area (TPSA) is 17.8 Å². The normalized spacial score (nSPS) is 11.1. The van der Waals surface area contributed by atoms with Gasteiger partial charge in [0.1, 0.15) is 5.01 Å². The third kappa shape index (κ3) is 6.84. The lowest BCUT2D eigenvalue weighted by Gasteiger charge is -2.15. The number of nitrogens with zero attached hydrogens (tertiary/aromatic N) is 2. The molecule has 9 rings (SSSR count). The summed E-state index contributed by atoms with van der Waals surface area (Å²) in [5, 5.41) is 3.31. The lowest BCUT2D eigenvalue weighted by Crippen LogP contribution is -2.21. The maximum atomic E-state index is 5.31. The molecule has 0 radical (unpaired) electrons. The molecule has 57 heavy (non-hydrogen) atoms. The van der Waals surface area contributed by atoms with Crippen LogP contribution in [0.4, 0.5) is 0 Å². The summed E-state index contributed by atoms with van der Waals surface area (Å²) in [6.45, 7) is 12.8. The van der Waals surface area contributed by atoms with Gasteiger partial charge in [-0.3, -0.25) is 0 Å². The van der Waals surface area contributed by atoms with Gasteiger partial charge in [0.15, 0.2) is 0 Å². The Balaban J connectivity index is 1.43. The van der Waals surface area contributed by atoms with Gasteiger partial charge in [0.05, 0.1) is 10.2 Å². The van der Waals surface area contributed by atoms with Crippen LogP contribution >= 0.6 is 11.3 Å². The van der Waals surface area contributed by atoms with Crippen molar-refractivity contribution in [3.8, 4) is 56.3 Å². The van der Waals surface area contributed by atoms with Crippen LogP contribution in [0.5, 0.6) is 0 Å². The number of para-hydroxylation sites is 1. The molecule has 0 N–H and O–H groups in total. The third-order valence-corrected chi connectivity index (χ3v) is 11.9. The standard InChI is InChI=1S/C53H41BN2S/c1-34-27-36(3)50(37(4)28-34)42-21-22-48-44(31-42)45-32-43(51-38(5)29-35(2)30-39(51)6)33-46(53-55-47-19-13-14-20-49(47)57-53)52(45)56(48)54(25-23-40-15-9-7-10-16-40)26-24-41-17-11-8-12-18-41/h7-22,27-33H,1-6H3. The van der Waals surface area contributed by atoms with Crippen molar-refractivity contribution in [3.63, 3.8) is 0 Å². The van der Waals surface area contributed by atoms with Gasteiger partial charge in [0, 0.05) is 38.5 Å². The van der Waals surface area contributed by atoms with Crippen LogP contribution in [0.25, 0.3) is 64.8 Å². The molecule has 9 aromatic rings. The molecule has 2 aromatic heterocycles. The highest BCUT2D eigenvalue weighted by Gasteiger charge is 2.26. The van der Waals surface area contributed by atoms with E-state index < -0.39 is 6.85 Å². The molecule has 4 heteroatoms. The molecule has 0 bridgehead atoms. The van der Waals surface area contributed by atoms with Gasteiger partial charge >= 0.3 is 6.85 Å².